The first kappa shape index (κ1) is 12.8. The van der Waals surface area contributed by atoms with E-state index in [-0.39, 0.29) is 16.7 Å². The van der Waals surface area contributed by atoms with Gasteiger partial charge in [-0.2, -0.15) is 0 Å². The van der Waals surface area contributed by atoms with Gasteiger partial charge in [0.2, 0.25) is 0 Å². The Labute approximate surface area is 117 Å². The van der Waals surface area contributed by atoms with E-state index in [1.54, 1.807) is 0 Å². The molecule has 3 rings (SSSR count). The Hall–Kier alpha value is -1.20. The Morgan fingerprint density at radius 1 is 1.47 bits per heavy atom. The van der Waals surface area contributed by atoms with Gasteiger partial charge < -0.3 is 15.0 Å². The number of nitrogens with two attached hydrogens (primary N) is 1. The summed E-state index contributed by atoms with van der Waals surface area (Å²) < 4.78 is 7.50. The summed E-state index contributed by atoms with van der Waals surface area (Å²) in [6.45, 7) is 1.44. The summed E-state index contributed by atoms with van der Waals surface area (Å²) in [7, 11) is 0. The van der Waals surface area contributed by atoms with Crippen LogP contribution in [0.1, 0.15) is 36.1 Å². The highest BCUT2D eigenvalue weighted by molar-refractivity contribution is 7.80. The summed E-state index contributed by atoms with van der Waals surface area (Å²) in [5.74, 6) is 0. The number of aromatic nitrogens is 1. The van der Waals surface area contributed by atoms with Gasteiger partial charge in [-0.05, 0) is 43.7 Å². The van der Waals surface area contributed by atoms with E-state index in [1.807, 2.05) is 10.6 Å². The number of pyridine rings is 1. The van der Waals surface area contributed by atoms with Crippen LogP contribution in [0.2, 0.25) is 0 Å². The molecule has 0 radical (unpaired) electrons. The van der Waals surface area contributed by atoms with Gasteiger partial charge in [-0.1, -0.05) is 12.2 Å². The Kier molecular flexibility index (Phi) is 3.41. The fourth-order valence-corrected chi connectivity index (χ4v) is 3.23. The maximum atomic E-state index is 12.5. The van der Waals surface area contributed by atoms with Crippen LogP contribution in [-0.4, -0.2) is 22.3 Å². The fraction of sp³-hybridized carbons (Fsp3) is 0.571. The van der Waals surface area contributed by atoms with Crippen molar-refractivity contribution < 1.29 is 4.74 Å². The number of thiocarbonyl (C=S) groups is 1. The molecule has 0 spiro atoms. The van der Waals surface area contributed by atoms with Gasteiger partial charge in [0.25, 0.3) is 5.56 Å². The number of hydrogen-bond acceptors (Lipinski definition) is 3. The Balaban J connectivity index is 2.05. The zero-order valence-corrected chi connectivity index (χ0v) is 11.7. The molecule has 1 aromatic heterocycles. The molecule has 2 aliphatic rings. The highest BCUT2D eigenvalue weighted by Gasteiger charge is 2.23. The second-order valence-corrected chi connectivity index (χ2v) is 5.74. The number of ether oxygens (including phenoxy) is 1. The van der Waals surface area contributed by atoms with Crippen LogP contribution in [-0.2, 0) is 24.1 Å². The molecular formula is C14H18N2O2S. The Morgan fingerprint density at radius 2 is 2.32 bits per heavy atom. The molecule has 5 heteroatoms. The van der Waals surface area contributed by atoms with Crippen molar-refractivity contribution in [1.29, 1.82) is 0 Å². The van der Waals surface area contributed by atoms with E-state index in [2.05, 4.69) is 0 Å². The predicted octanol–water partition coefficient (Wildman–Crippen LogP) is 1.15. The SMILES string of the molecule is NC(=S)c1cc2c(n(CC3CCCO3)c1=O)CCC2. The first-order chi connectivity index (χ1) is 9.16. The number of aryl methyl sites for hydroxylation is 1. The lowest BCUT2D eigenvalue weighted by Crippen LogP contribution is -2.34. The molecule has 19 heavy (non-hydrogen) atoms. The van der Waals surface area contributed by atoms with Crippen molar-refractivity contribution >= 4 is 17.2 Å². The molecular weight excluding hydrogens is 260 g/mol. The van der Waals surface area contributed by atoms with Crippen LogP contribution in [0, 0.1) is 0 Å². The minimum Gasteiger partial charge on any atom is -0.389 e. The number of nitrogens with zero attached hydrogens (tertiary/aromatic N) is 1. The summed E-state index contributed by atoms with van der Waals surface area (Å²) in [5, 5.41) is 0. The molecule has 1 aliphatic heterocycles. The second kappa shape index (κ2) is 5.06. The van der Waals surface area contributed by atoms with Crippen molar-refractivity contribution in [3.05, 3.63) is 33.2 Å². The highest BCUT2D eigenvalue weighted by Crippen LogP contribution is 2.23. The average Bonchev–Trinajstić information content (AvgIpc) is 3.02. The van der Waals surface area contributed by atoms with E-state index in [4.69, 9.17) is 22.7 Å². The van der Waals surface area contributed by atoms with Crippen molar-refractivity contribution in [2.24, 2.45) is 5.73 Å². The molecule has 1 saturated heterocycles. The van der Waals surface area contributed by atoms with Crippen LogP contribution in [0.15, 0.2) is 10.9 Å². The zero-order valence-electron chi connectivity index (χ0n) is 10.9. The standard InChI is InChI=1S/C14H18N2O2S/c15-13(19)11-7-9-3-1-5-12(9)16(14(11)17)8-10-4-2-6-18-10/h7,10H,1-6,8H2,(H2,15,19). The molecule has 0 bridgehead atoms. The summed E-state index contributed by atoms with van der Waals surface area (Å²) in [4.78, 5) is 12.7. The third kappa shape index (κ3) is 2.32. The normalized spacial score (nSPS) is 21.6. The largest absolute Gasteiger partial charge is 0.389 e. The molecule has 1 unspecified atom stereocenters. The van der Waals surface area contributed by atoms with Crippen LogP contribution in [0.5, 0.6) is 0 Å². The van der Waals surface area contributed by atoms with Crippen molar-refractivity contribution in [2.45, 2.75) is 44.8 Å². The summed E-state index contributed by atoms with van der Waals surface area (Å²) in [6, 6.07) is 1.89. The second-order valence-electron chi connectivity index (χ2n) is 5.30. The topological polar surface area (TPSA) is 57.2 Å². The first-order valence-electron chi connectivity index (χ1n) is 6.84. The van der Waals surface area contributed by atoms with Gasteiger partial charge in [-0.3, -0.25) is 4.79 Å². The molecule has 0 saturated carbocycles. The quantitative estimate of drug-likeness (QED) is 0.843. The smallest absolute Gasteiger partial charge is 0.261 e. The monoisotopic (exact) mass is 278 g/mol. The molecule has 1 aromatic rings. The molecule has 1 atom stereocenters. The Morgan fingerprint density at radius 3 is 3.00 bits per heavy atom. The fourth-order valence-electron chi connectivity index (χ4n) is 3.08. The third-order valence-corrected chi connectivity index (χ3v) is 4.25. The molecule has 0 aromatic carbocycles. The van der Waals surface area contributed by atoms with Crippen molar-refractivity contribution in [1.82, 2.24) is 4.57 Å². The van der Waals surface area contributed by atoms with E-state index in [9.17, 15) is 4.79 Å². The Bertz CT molecular complexity index is 574. The van der Waals surface area contributed by atoms with Crippen LogP contribution in [0.4, 0.5) is 0 Å². The average molecular weight is 278 g/mol. The van der Waals surface area contributed by atoms with Crippen molar-refractivity contribution in [3.8, 4) is 0 Å². The van der Waals surface area contributed by atoms with Crippen molar-refractivity contribution in [2.75, 3.05) is 6.61 Å². The molecule has 2 N–H and O–H groups in total. The van der Waals surface area contributed by atoms with Crippen LogP contribution in [0.25, 0.3) is 0 Å². The van der Waals surface area contributed by atoms with E-state index in [1.165, 1.54) is 5.56 Å². The lowest BCUT2D eigenvalue weighted by atomic mass is 10.1. The van der Waals surface area contributed by atoms with Gasteiger partial charge in [-0.25, -0.2) is 0 Å². The maximum absolute atomic E-state index is 12.5. The highest BCUT2D eigenvalue weighted by atomic mass is 32.1. The van der Waals surface area contributed by atoms with Crippen LogP contribution >= 0.6 is 12.2 Å². The molecule has 4 nitrogen and oxygen atoms in total. The minimum atomic E-state index is -0.0522. The maximum Gasteiger partial charge on any atom is 0.261 e. The van der Waals surface area contributed by atoms with Gasteiger partial charge in [0.05, 0.1) is 18.2 Å². The summed E-state index contributed by atoms with van der Waals surface area (Å²) in [6.07, 6.45) is 5.34. The third-order valence-electron chi connectivity index (χ3n) is 4.03. The zero-order chi connectivity index (χ0) is 13.4. The van der Waals surface area contributed by atoms with Gasteiger partial charge in [0.1, 0.15) is 4.99 Å². The van der Waals surface area contributed by atoms with Crippen LogP contribution < -0.4 is 11.3 Å². The lowest BCUT2D eigenvalue weighted by molar-refractivity contribution is 0.0955. The van der Waals surface area contributed by atoms with E-state index in [0.29, 0.717) is 12.1 Å². The minimum absolute atomic E-state index is 0.0522. The van der Waals surface area contributed by atoms with E-state index in [0.717, 1.165) is 44.4 Å². The van der Waals surface area contributed by atoms with Crippen molar-refractivity contribution in [3.63, 3.8) is 0 Å². The van der Waals surface area contributed by atoms with Crippen LogP contribution in [0.3, 0.4) is 0 Å². The summed E-state index contributed by atoms with van der Waals surface area (Å²) in [5.41, 5.74) is 8.48. The van der Waals surface area contributed by atoms with Gasteiger partial charge in [-0.15, -0.1) is 0 Å². The summed E-state index contributed by atoms with van der Waals surface area (Å²) >= 11 is 5.00. The molecule has 2 heterocycles. The molecule has 1 aliphatic carbocycles. The lowest BCUT2D eigenvalue weighted by Gasteiger charge is -2.17. The van der Waals surface area contributed by atoms with Gasteiger partial charge in [0.15, 0.2) is 0 Å². The molecule has 102 valence electrons. The number of fused-ring (bicyclic) bond motifs is 1. The van der Waals surface area contributed by atoms with E-state index < -0.39 is 0 Å². The molecule has 1 fully saturated rings. The van der Waals surface area contributed by atoms with E-state index >= 15 is 0 Å². The van der Waals surface area contributed by atoms with Gasteiger partial charge >= 0.3 is 0 Å². The van der Waals surface area contributed by atoms with Gasteiger partial charge in [0, 0.05) is 12.3 Å². The molecule has 0 amide bonds. The number of hydrogen-bond donors (Lipinski definition) is 1. The first-order valence-corrected chi connectivity index (χ1v) is 7.24. The predicted molar refractivity (Wildman–Crippen MR) is 77.6 cm³/mol. The number of rotatable bonds is 3.